The molecule has 0 aromatic carbocycles. The second-order valence-electron chi connectivity index (χ2n) is 8.45. The highest BCUT2D eigenvalue weighted by atomic mass is 35.5. The standard InChI is InChI=1S/C22H17ClN8O2/c1-11-4-13(6-24)27-20-18(11)22(32)31(10-26-20)9-17-28-21(29-33-17)19-14-7-30(8-15(14)19)16-5-12(23)2-3-25-16/h2-5,10,14-15,19H,7-9H2,1H3/t14-,15+,19+. The van der Waals surface area contributed by atoms with Gasteiger partial charge in [0.1, 0.15) is 30.5 Å². The minimum atomic E-state index is -0.262. The number of nitriles is 1. The molecule has 0 spiro atoms. The molecule has 0 radical (unpaired) electrons. The highest BCUT2D eigenvalue weighted by Crippen LogP contribution is 2.57. The number of aryl methyl sites for hydroxylation is 1. The highest BCUT2D eigenvalue weighted by Gasteiger charge is 2.58. The Morgan fingerprint density at radius 2 is 2.06 bits per heavy atom. The predicted molar refractivity (Wildman–Crippen MR) is 118 cm³/mol. The lowest BCUT2D eigenvalue weighted by molar-refractivity contribution is 0.363. The van der Waals surface area contributed by atoms with Crippen molar-refractivity contribution in [3.8, 4) is 6.07 Å². The summed E-state index contributed by atoms with van der Waals surface area (Å²) < 4.78 is 6.86. The van der Waals surface area contributed by atoms with Gasteiger partial charge in [-0.3, -0.25) is 9.36 Å². The summed E-state index contributed by atoms with van der Waals surface area (Å²) in [6.07, 6.45) is 3.11. The van der Waals surface area contributed by atoms with Gasteiger partial charge in [0.15, 0.2) is 11.5 Å². The van der Waals surface area contributed by atoms with Crippen LogP contribution >= 0.6 is 11.6 Å². The van der Waals surface area contributed by atoms with Gasteiger partial charge >= 0.3 is 0 Å². The van der Waals surface area contributed by atoms with Crippen LogP contribution in [0.5, 0.6) is 0 Å². The van der Waals surface area contributed by atoms with Gasteiger partial charge in [-0.05, 0) is 42.5 Å². The second kappa shape index (κ2) is 7.35. The Morgan fingerprint density at radius 3 is 2.82 bits per heavy atom. The van der Waals surface area contributed by atoms with E-state index in [1.807, 2.05) is 12.1 Å². The lowest BCUT2D eigenvalue weighted by atomic mass is 10.2. The van der Waals surface area contributed by atoms with Crippen LogP contribution in [0.1, 0.15) is 28.9 Å². The number of halogens is 1. The second-order valence-corrected chi connectivity index (χ2v) is 8.89. The third kappa shape index (κ3) is 3.32. The zero-order valence-corrected chi connectivity index (χ0v) is 18.3. The summed E-state index contributed by atoms with van der Waals surface area (Å²) in [6, 6.07) is 7.20. The Balaban J connectivity index is 1.18. The number of aromatic nitrogens is 6. The quantitative estimate of drug-likeness (QED) is 0.450. The first-order chi connectivity index (χ1) is 16.0. The van der Waals surface area contributed by atoms with E-state index in [9.17, 15) is 4.79 Å². The monoisotopic (exact) mass is 460 g/mol. The van der Waals surface area contributed by atoms with Gasteiger partial charge in [0.2, 0.25) is 5.89 Å². The summed E-state index contributed by atoms with van der Waals surface area (Å²) in [4.78, 5) is 32.5. The van der Waals surface area contributed by atoms with Crippen molar-refractivity contribution < 1.29 is 4.52 Å². The Hall–Kier alpha value is -3.84. The molecular weight excluding hydrogens is 444 g/mol. The molecule has 5 heterocycles. The third-order valence-electron chi connectivity index (χ3n) is 6.42. The molecule has 2 aliphatic rings. The van der Waals surface area contributed by atoms with E-state index >= 15 is 0 Å². The Kier molecular flexibility index (Phi) is 4.41. The summed E-state index contributed by atoms with van der Waals surface area (Å²) >= 11 is 6.09. The van der Waals surface area contributed by atoms with Crippen LogP contribution in [0.25, 0.3) is 11.0 Å². The fourth-order valence-electron chi connectivity index (χ4n) is 4.78. The van der Waals surface area contributed by atoms with Crippen molar-refractivity contribution >= 4 is 28.5 Å². The minimum Gasteiger partial charge on any atom is -0.356 e. The van der Waals surface area contributed by atoms with Crippen molar-refractivity contribution in [2.45, 2.75) is 19.4 Å². The molecule has 0 amide bonds. The summed E-state index contributed by atoms with van der Waals surface area (Å²) in [6.45, 7) is 3.63. The van der Waals surface area contributed by atoms with E-state index in [1.54, 1.807) is 25.3 Å². The largest absolute Gasteiger partial charge is 0.356 e. The van der Waals surface area contributed by atoms with Crippen LogP contribution in [-0.4, -0.2) is 42.7 Å². The van der Waals surface area contributed by atoms with Crippen molar-refractivity contribution in [1.29, 1.82) is 5.26 Å². The number of nitrogens with zero attached hydrogens (tertiary/aromatic N) is 8. The van der Waals surface area contributed by atoms with Gasteiger partial charge in [0.05, 0.1) is 5.39 Å². The van der Waals surface area contributed by atoms with E-state index in [2.05, 4.69) is 30.0 Å². The number of hydrogen-bond donors (Lipinski definition) is 0. The smallest absolute Gasteiger partial charge is 0.263 e. The van der Waals surface area contributed by atoms with Crippen LogP contribution in [0, 0.1) is 30.1 Å². The van der Waals surface area contributed by atoms with Gasteiger partial charge in [-0.15, -0.1) is 0 Å². The highest BCUT2D eigenvalue weighted by molar-refractivity contribution is 6.30. The molecule has 1 saturated carbocycles. The van der Waals surface area contributed by atoms with Crippen molar-refractivity contribution in [1.82, 2.24) is 29.7 Å². The molecule has 6 rings (SSSR count). The molecule has 0 bridgehead atoms. The van der Waals surface area contributed by atoms with Gasteiger partial charge < -0.3 is 9.42 Å². The topological polar surface area (TPSA) is 127 Å². The Bertz CT molecular complexity index is 1490. The Labute approximate surface area is 192 Å². The number of anilines is 1. The molecule has 3 atom stereocenters. The van der Waals surface area contributed by atoms with Crippen LogP contribution in [0.2, 0.25) is 5.02 Å². The molecule has 164 valence electrons. The molecule has 1 aliphatic heterocycles. The zero-order chi connectivity index (χ0) is 22.7. The lowest BCUT2D eigenvalue weighted by Crippen LogP contribution is -2.24. The molecule has 0 N–H and O–H groups in total. The van der Waals surface area contributed by atoms with E-state index in [4.69, 9.17) is 21.4 Å². The van der Waals surface area contributed by atoms with Gasteiger partial charge in [-0.25, -0.2) is 15.0 Å². The van der Waals surface area contributed by atoms with Gasteiger partial charge in [0.25, 0.3) is 5.56 Å². The molecule has 4 aromatic heterocycles. The van der Waals surface area contributed by atoms with Gasteiger partial charge in [-0.1, -0.05) is 16.8 Å². The third-order valence-corrected chi connectivity index (χ3v) is 6.65. The van der Waals surface area contributed by atoms with E-state index in [0.29, 0.717) is 39.5 Å². The van der Waals surface area contributed by atoms with Crippen LogP contribution in [0.15, 0.2) is 40.0 Å². The van der Waals surface area contributed by atoms with Crippen LogP contribution in [0.4, 0.5) is 5.82 Å². The Morgan fingerprint density at radius 1 is 1.24 bits per heavy atom. The van der Waals surface area contributed by atoms with Crippen molar-refractivity contribution in [2.24, 2.45) is 11.8 Å². The number of rotatable bonds is 4. The fraction of sp³-hybridized carbons (Fsp3) is 0.318. The van der Waals surface area contributed by atoms with Crippen molar-refractivity contribution in [3.63, 3.8) is 0 Å². The van der Waals surface area contributed by atoms with E-state index in [0.717, 1.165) is 18.9 Å². The molecular formula is C22H17ClN8O2. The first kappa shape index (κ1) is 19.8. The van der Waals surface area contributed by atoms with E-state index < -0.39 is 0 Å². The molecule has 11 heteroatoms. The van der Waals surface area contributed by atoms with Crippen LogP contribution in [0.3, 0.4) is 0 Å². The maximum atomic E-state index is 13.0. The summed E-state index contributed by atoms with van der Waals surface area (Å²) in [5, 5.41) is 14.3. The molecule has 1 aliphatic carbocycles. The molecule has 10 nitrogen and oxygen atoms in total. The number of pyridine rings is 2. The SMILES string of the molecule is Cc1cc(C#N)nc2ncn(Cc3nc([C@H]4[C@@H]5CN(c6cc(Cl)ccn6)C[C@@H]54)no3)c(=O)c12. The number of hydrogen-bond acceptors (Lipinski definition) is 9. The minimum absolute atomic E-state index is 0.120. The maximum absolute atomic E-state index is 13.0. The van der Waals surface area contributed by atoms with Crippen molar-refractivity contribution in [2.75, 3.05) is 18.0 Å². The molecule has 1 saturated heterocycles. The first-order valence-corrected chi connectivity index (χ1v) is 10.9. The summed E-state index contributed by atoms with van der Waals surface area (Å²) in [5.41, 5.74) is 0.871. The maximum Gasteiger partial charge on any atom is 0.263 e. The average Bonchev–Trinajstić information content (AvgIpc) is 3.14. The van der Waals surface area contributed by atoms with E-state index in [1.165, 1.54) is 10.9 Å². The van der Waals surface area contributed by atoms with Gasteiger partial charge in [-0.2, -0.15) is 10.2 Å². The first-order valence-electron chi connectivity index (χ1n) is 10.5. The molecule has 0 unspecified atom stereocenters. The van der Waals surface area contributed by atoms with Crippen LogP contribution in [-0.2, 0) is 6.54 Å². The van der Waals surface area contributed by atoms with Crippen molar-refractivity contribution in [3.05, 3.63) is 69.1 Å². The summed E-state index contributed by atoms with van der Waals surface area (Å²) in [7, 11) is 0. The number of fused-ring (bicyclic) bond motifs is 2. The van der Waals surface area contributed by atoms with Crippen LogP contribution < -0.4 is 10.5 Å². The lowest BCUT2D eigenvalue weighted by Gasteiger charge is -2.20. The zero-order valence-electron chi connectivity index (χ0n) is 17.5. The molecule has 4 aromatic rings. The number of piperidine rings is 1. The molecule has 2 fully saturated rings. The summed E-state index contributed by atoms with van der Waals surface area (Å²) in [5.74, 6) is 3.06. The normalized spacial score (nSPS) is 21.2. The fourth-order valence-corrected chi connectivity index (χ4v) is 4.93. The predicted octanol–water partition coefficient (Wildman–Crippen LogP) is 2.30. The average molecular weight is 461 g/mol. The van der Waals surface area contributed by atoms with E-state index in [-0.39, 0.29) is 29.4 Å². The molecule has 33 heavy (non-hydrogen) atoms. The van der Waals surface area contributed by atoms with Gasteiger partial charge in [0, 0.05) is 30.2 Å².